The summed E-state index contributed by atoms with van der Waals surface area (Å²) in [6.07, 6.45) is 0. The molecule has 0 N–H and O–H groups in total. The zero-order valence-electron chi connectivity index (χ0n) is 17.2. The Bertz CT molecular complexity index is 1300. The summed E-state index contributed by atoms with van der Waals surface area (Å²) in [5.41, 5.74) is 7.71. The minimum Gasteiger partial charge on any atom is -0.309 e. The molecule has 0 radical (unpaired) electrons. The van der Waals surface area contributed by atoms with Crippen molar-refractivity contribution in [2.24, 2.45) is 0 Å². The fraction of sp³-hybridized carbons (Fsp3) is 0.143. The van der Waals surface area contributed by atoms with Crippen LogP contribution in [0.15, 0.2) is 97.1 Å². The summed E-state index contributed by atoms with van der Waals surface area (Å²) in [6.45, 7) is 6.77. The second kappa shape index (κ2) is 6.63. The predicted octanol–water partition coefficient (Wildman–Crippen LogP) is 7.75. The van der Waals surface area contributed by atoms with Crippen molar-refractivity contribution in [1.82, 2.24) is 4.57 Å². The van der Waals surface area contributed by atoms with Crippen molar-refractivity contribution in [3.05, 3.63) is 103 Å². The maximum absolute atomic E-state index is 2.38. The van der Waals surface area contributed by atoms with Gasteiger partial charge in [0.1, 0.15) is 0 Å². The van der Waals surface area contributed by atoms with Gasteiger partial charge in [0.25, 0.3) is 0 Å². The third kappa shape index (κ3) is 3.03. The molecular formula is C28H25N. The topological polar surface area (TPSA) is 4.93 Å². The third-order valence-electron chi connectivity index (χ3n) is 5.77. The first kappa shape index (κ1) is 17.8. The molecule has 5 aromatic rings. The van der Waals surface area contributed by atoms with Crippen LogP contribution in [0.4, 0.5) is 0 Å². The average molecular weight is 376 g/mol. The van der Waals surface area contributed by atoms with Gasteiger partial charge in [-0.3, -0.25) is 0 Å². The SMILES string of the molecule is CC(C)(C)c1ccc(-n2c3ccccc3c3cc(-c4ccccc4)ccc32)cc1. The summed E-state index contributed by atoms with van der Waals surface area (Å²) in [5.74, 6) is 0. The molecule has 0 spiro atoms. The van der Waals surface area contributed by atoms with E-state index in [-0.39, 0.29) is 5.41 Å². The summed E-state index contributed by atoms with van der Waals surface area (Å²) in [6, 6.07) is 35.1. The Hall–Kier alpha value is -3.32. The van der Waals surface area contributed by atoms with Gasteiger partial charge in [0.05, 0.1) is 11.0 Å². The van der Waals surface area contributed by atoms with E-state index in [4.69, 9.17) is 0 Å². The maximum Gasteiger partial charge on any atom is 0.0541 e. The largest absolute Gasteiger partial charge is 0.309 e. The molecule has 0 bridgehead atoms. The van der Waals surface area contributed by atoms with Crippen LogP contribution in [-0.4, -0.2) is 4.57 Å². The number of benzene rings is 4. The van der Waals surface area contributed by atoms with Crippen molar-refractivity contribution in [2.75, 3.05) is 0 Å². The second-order valence-electron chi connectivity index (χ2n) is 8.75. The van der Waals surface area contributed by atoms with E-state index in [1.54, 1.807) is 0 Å². The smallest absolute Gasteiger partial charge is 0.0541 e. The number of rotatable bonds is 2. The Morgan fingerprint density at radius 2 is 1.21 bits per heavy atom. The van der Waals surface area contributed by atoms with E-state index in [9.17, 15) is 0 Å². The van der Waals surface area contributed by atoms with Gasteiger partial charge in [-0.2, -0.15) is 0 Å². The lowest BCUT2D eigenvalue weighted by molar-refractivity contribution is 0.590. The molecular weight excluding hydrogens is 350 g/mol. The molecule has 0 aliphatic rings. The molecule has 4 aromatic carbocycles. The van der Waals surface area contributed by atoms with Gasteiger partial charge in [0.15, 0.2) is 0 Å². The number of aromatic nitrogens is 1. The zero-order valence-corrected chi connectivity index (χ0v) is 17.2. The molecule has 0 saturated carbocycles. The lowest BCUT2D eigenvalue weighted by Gasteiger charge is -2.19. The molecule has 142 valence electrons. The van der Waals surface area contributed by atoms with Crippen LogP contribution in [0.1, 0.15) is 26.3 Å². The fourth-order valence-electron chi connectivity index (χ4n) is 4.17. The van der Waals surface area contributed by atoms with Crippen molar-refractivity contribution in [1.29, 1.82) is 0 Å². The van der Waals surface area contributed by atoms with E-state index in [0.29, 0.717) is 0 Å². The van der Waals surface area contributed by atoms with E-state index in [2.05, 4.69) is 122 Å². The van der Waals surface area contributed by atoms with Crippen molar-refractivity contribution in [3.8, 4) is 16.8 Å². The molecule has 1 heteroatoms. The van der Waals surface area contributed by atoms with Crippen LogP contribution in [-0.2, 0) is 5.41 Å². The van der Waals surface area contributed by atoms with Gasteiger partial charge < -0.3 is 4.57 Å². The Kier molecular flexibility index (Phi) is 4.06. The van der Waals surface area contributed by atoms with E-state index >= 15 is 0 Å². The predicted molar refractivity (Wildman–Crippen MR) is 125 cm³/mol. The highest BCUT2D eigenvalue weighted by Gasteiger charge is 2.16. The van der Waals surface area contributed by atoms with Crippen molar-refractivity contribution >= 4 is 21.8 Å². The van der Waals surface area contributed by atoms with E-state index in [1.807, 2.05) is 0 Å². The molecule has 0 unspecified atom stereocenters. The highest BCUT2D eigenvalue weighted by molar-refractivity contribution is 6.10. The number of fused-ring (bicyclic) bond motifs is 3. The Balaban J connectivity index is 1.75. The highest BCUT2D eigenvalue weighted by Crippen LogP contribution is 2.35. The van der Waals surface area contributed by atoms with Gasteiger partial charge in [-0.1, -0.05) is 87.5 Å². The normalized spacial score (nSPS) is 12.0. The summed E-state index contributed by atoms with van der Waals surface area (Å²) >= 11 is 0. The molecule has 0 amide bonds. The van der Waals surface area contributed by atoms with Gasteiger partial charge >= 0.3 is 0 Å². The van der Waals surface area contributed by atoms with Crippen LogP contribution in [0.25, 0.3) is 38.6 Å². The molecule has 1 nitrogen and oxygen atoms in total. The number of hydrogen-bond acceptors (Lipinski definition) is 0. The van der Waals surface area contributed by atoms with Gasteiger partial charge in [0.2, 0.25) is 0 Å². The van der Waals surface area contributed by atoms with Gasteiger partial charge in [-0.25, -0.2) is 0 Å². The molecule has 0 aliphatic heterocycles. The first-order valence-corrected chi connectivity index (χ1v) is 10.2. The van der Waals surface area contributed by atoms with Crippen LogP contribution in [0, 0.1) is 0 Å². The van der Waals surface area contributed by atoms with E-state index < -0.39 is 0 Å². The van der Waals surface area contributed by atoms with Crippen LogP contribution in [0.2, 0.25) is 0 Å². The molecule has 0 saturated heterocycles. The molecule has 0 fully saturated rings. The number of para-hydroxylation sites is 1. The van der Waals surface area contributed by atoms with Crippen LogP contribution < -0.4 is 0 Å². The third-order valence-corrected chi connectivity index (χ3v) is 5.77. The summed E-state index contributed by atoms with van der Waals surface area (Å²) in [4.78, 5) is 0. The zero-order chi connectivity index (χ0) is 20.0. The number of nitrogens with zero attached hydrogens (tertiary/aromatic N) is 1. The van der Waals surface area contributed by atoms with Crippen molar-refractivity contribution in [3.63, 3.8) is 0 Å². The molecule has 0 atom stereocenters. The number of hydrogen-bond donors (Lipinski definition) is 0. The van der Waals surface area contributed by atoms with Crippen molar-refractivity contribution < 1.29 is 0 Å². The van der Waals surface area contributed by atoms with Crippen LogP contribution in [0.3, 0.4) is 0 Å². The lowest BCUT2D eigenvalue weighted by Crippen LogP contribution is -2.10. The summed E-state index contributed by atoms with van der Waals surface area (Å²) in [7, 11) is 0. The quantitative estimate of drug-likeness (QED) is 0.297. The molecule has 5 rings (SSSR count). The standard InChI is InChI=1S/C28H25N/c1-28(2,3)22-14-16-23(17-15-22)29-26-12-8-7-11-24(26)25-19-21(13-18-27(25)29)20-9-5-4-6-10-20/h4-19H,1-3H3. The maximum atomic E-state index is 2.38. The van der Waals surface area contributed by atoms with Crippen LogP contribution in [0.5, 0.6) is 0 Å². The Morgan fingerprint density at radius 1 is 0.552 bits per heavy atom. The van der Waals surface area contributed by atoms with Gasteiger partial charge in [-0.15, -0.1) is 0 Å². The minimum atomic E-state index is 0.157. The first-order valence-electron chi connectivity index (χ1n) is 10.2. The summed E-state index contributed by atoms with van der Waals surface area (Å²) < 4.78 is 2.38. The Morgan fingerprint density at radius 3 is 1.93 bits per heavy atom. The lowest BCUT2D eigenvalue weighted by atomic mass is 9.87. The minimum absolute atomic E-state index is 0.157. The van der Waals surface area contributed by atoms with Crippen molar-refractivity contribution in [2.45, 2.75) is 26.2 Å². The second-order valence-corrected chi connectivity index (χ2v) is 8.75. The monoisotopic (exact) mass is 375 g/mol. The average Bonchev–Trinajstić information content (AvgIpc) is 3.07. The first-order chi connectivity index (χ1) is 14.0. The van der Waals surface area contributed by atoms with Crippen LogP contribution >= 0.6 is 0 Å². The fourth-order valence-corrected chi connectivity index (χ4v) is 4.17. The highest BCUT2D eigenvalue weighted by atomic mass is 15.0. The van der Waals surface area contributed by atoms with E-state index in [0.717, 1.165) is 0 Å². The molecule has 1 aromatic heterocycles. The van der Waals surface area contributed by atoms with Gasteiger partial charge in [0, 0.05) is 16.5 Å². The molecule has 29 heavy (non-hydrogen) atoms. The van der Waals surface area contributed by atoms with Gasteiger partial charge in [-0.05, 0) is 52.4 Å². The molecule has 1 heterocycles. The Labute approximate surface area is 172 Å². The summed E-state index contributed by atoms with van der Waals surface area (Å²) in [5, 5.41) is 2.59. The molecule has 0 aliphatic carbocycles. The van der Waals surface area contributed by atoms with E-state index in [1.165, 1.54) is 44.2 Å².